The summed E-state index contributed by atoms with van der Waals surface area (Å²) < 4.78 is 34.4. The third-order valence-corrected chi connectivity index (χ3v) is 5.27. The van der Waals surface area contributed by atoms with Crippen molar-refractivity contribution in [2.75, 3.05) is 13.1 Å². The van der Waals surface area contributed by atoms with Gasteiger partial charge in [-0.05, 0) is 6.42 Å². The van der Waals surface area contributed by atoms with Gasteiger partial charge in [0.25, 0.3) is 0 Å². The Labute approximate surface area is 115 Å². The van der Waals surface area contributed by atoms with E-state index >= 15 is 0 Å². The molecule has 1 aromatic rings. The van der Waals surface area contributed by atoms with E-state index in [-0.39, 0.29) is 18.9 Å². The molecule has 0 aliphatic carbocycles. The van der Waals surface area contributed by atoms with Gasteiger partial charge in [0.15, 0.2) is 0 Å². The number of carbonyl (C=O) groups is 1. The fourth-order valence-corrected chi connectivity index (χ4v) is 3.50. The van der Waals surface area contributed by atoms with Crippen LogP contribution in [0.1, 0.15) is 24.0 Å². The normalized spacial score (nSPS) is 20.2. The highest BCUT2D eigenvalue weighted by Gasteiger charge is 2.38. The summed E-state index contributed by atoms with van der Waals surface area (Å²) in [5.41, 5.74) is 0.890. The molecule has 2 rings (SSSR count). The highest BCUT2D eigenvalue weighted by Crippen LogP contribution is 2.20. The lowest BCUT2D eigenvalue weighted by Gasteiger charge is -2.14. The Bertz CT molecular complexity index is 570. The fraction of sp³-hybridized carbons (Fsp3) is 0.636. The van der Waals surface area contributed by atoms with Crippen LogP contribution >= 0.6 is 11.3 Å². The first-order valence-electron chi connectivity index (χ1n) is 6.04. The number of hydrogen-bond acceptors (Lipinski definition) is 5. The minimum Gasteiger partial charge on any atom is -0.341 e. The molecule has 0 saturated carbocycles. The van der Waals surface area contributed by atoms with Crippen LogP contribution in [0.5, 0.6) is 0 Å². The number of amides is 1. The van der Waals surface area contributed by atoms with Gasteiger partial charge in [-0.25, -0.2) is 4.98 Å². The average Bonchev–Trinajstić information content (AvgIpc) is 2.92. The molecule has 1 fully saturated rings. The van der Waals surface area contributed by atoms with Crippen LogP contribution < -0.4 is 0 Å². The molecular formula is C11H15FN2O3S2. The maximum Gasteiger partial charge on any atom is 0.307 e. The van der Waals surface area contributed by atoms with Crippen molar-refractivity contribution in [2.45, 2.75) is 31.4 Å². The predicted molar refractivity (Wildman–Crippen MR) is 70.2 cm³/mol. The summed E-state index contributed by atoms with van der Waals surface area (Å²) in [5.74, 6) is -0.308. The van der Waals surface area contributed by atoms with Gasteiger partial charge in [-0.2, -0.15) is 8.42 Å². The van der Waals surface area contributed by atoms with Crippen LogP contribution in [0.2, 0.25) is 0 Å². The quantitative estimate of drug-likeness (QED) is 0.765. The molecule has 0 N–H and O–H groups in total. The van der Waals surface area contributed by atoms with Crippen LogP contribution in [0.4, 0.5) is 3.89 Å². The van der Waals surface area contributed by atoms with Crippen LogP contribution in [0.25, 0.3) is 0 Å². The van der Waals surface area contributed by atoms with E-state index in [1.165, 1.54) is 4.90 Å². The minimum atomic E-state index is -4.63. The van der Waals surface area contributed by atoms with E-state index in [2.05, 4.69) is 4.98 Å². The number of likely N-dealkylation sites (tertiary alicyclic amines) is 1. The molecule has 1 aliphatic heterocycles. The molecule has 106 valence electrons. The number of nitrogens with zero attached hydrogens (tertiary/aromatic N) is 2. The second-order valence-electron chi connectivity index (χ2n) is 4.48. The zero-order valence-electron chi connectivity index (χ0n) is 10.5. The molecule has 1 aromatic heterocycles. The fourth-order valence-electron chi connectivity index (χ4n) is 2.02. The largest absolute Gasteiger partial charge is 0.341 e. The third kappa shape index (κ3) is 3.50. The topological polar surface area (TPSA) is 67.3 Å². The number of halogens is 1. The number of carbonyl (C=O) groups excluding carboxylic acids is 1. The van der Waals surface area contributed by atoms with E-state index in [1.54, 1.807) is 11.3 Å². The Morgan fingerprint density at radius 3 is 2.84 bits per heavy atom. The highest BCUT2D eigenvalue weighted by molar-refractivity contribution is 7.87. The standard InChI is InChI=1S/C11H15FN2O3S2/c1-2-10-13-8(7-18-10)3-4-14-6-9(5-11(14)15)19(12,16)17/h7,9H,2-6H2,1H3. The maximum absolute atomic E-state index is 12.8. The van der Waals surface area contributed by atoms with Crippen molar-refractivity contribution in [1.29, 1.82) is 0 Å². The lowest BCUT2D eigenvalue weighted by atomic mass is 10.3. The second kappa shape index (κ2) is 5.54. The Balaban J connectivity index is 1.92. The number of thiazole rings is 1. The molecule has 1 aliphatic rings. The van der Waals surface area contributed by atoms with Gasteiger partial charge in [0.05, 0.1) is 10.7 Å². The molecule has 0 aromatic carbocycles. The molecule has 0 bridgehead atoms. The second-order valence-corrected chi connectivity index (χ2v) is 7.04. The van der Waals surface area contributed by atoms with E-state index in [0.29, 0.717) is 13.0 Å². The number of hydrogen-bond donors (Lipinski definition) is 0. The lowest BCUT2D eigenvalue weighted by molar-refractivity contribution is -0.127. The minimum absolute atomic E-state index is 0.0531. The molecular weight excluding hydrogens is 291 g/mol. The monoisotopic (exact) mass is 306 g/mol. The van der Waals surface area contributed by atoms with Crippen molar-refractivity contribution in [3.05, 3.63) is 16.1 Å². The molecule has 5 nitrogen and oxygen atoms in total. The zero-order valence-corrected chi connectivity index (χ0v) is 12.1. The SMILES string of the molecule is CCc1nc(CCN2CC(S(=O)(=O)F)CC2=O)cs1. The van der Waals surface area contributed by atoms with Gasteiger partial charge >= 0.3 is 10.2 Å². The van der Waals surface area contributed by atoms with Crippen molar-refractivity contribution < 1.29 is 17.1 Å². The smallest absolute Gasteiger partial charge is 0.307 e. The number of aryl methyl sites for hydroxylation is 1. The lowest BCUT2D eigenvalue weighted by Crippen LogP contribution is -2.29. The van der Waals surface area contributed by atoms with Crippen LogP contribution in [0, 0.1) is 0 Å². The van der Waals surface area contributed by atoms with E-state index in [9.17, 15) is 17.1 Å². The predicted octanol–water partition coefficient (Wildman–Crippen LogP) is 1.15. The van der Waals surface area contributed by atoms with Crippen LogP contribution in [0.3, 0.4) is 0 Å². The summed E-state index contributed by atoms with van der Waals surface area (Å²) >= 11 is 1.57. The Morgan fingerprint density at radius 1 is 1.58 bits per heavy atom. The van der Waals surface area contributed by atoms with Gasteiger partial charge in [-0.3, -0.25) is 4.79 Å². The summed E-state index contributed by atoms with van der Waals surface area (Å²) in [7, 11) is -4.63. The van der Waals surface area contributed by atoms with E-state index in [1.807, 2.05) is 12.3 Å². The summed E-state index contributed by atoms with van der Waals surface area (Å²) in [6.45, 7) is 2.35. The summed E-state index contributed by atoms with van der Waals surface area (Å²) in [5, 5.41) is 1.76. The molecule has 1 unspecified atom stereocenters. The third-order valence-electron chi connectivity index (χ3n) is 3.12. The molecule has 2 heterocycles. The van der Waals surface area contributed by atoms with E-state index < -0.39 is 15.5 Å². The maximum atomic E-state index is 12.8. The van der Waals surface area contributed by atoms with Crippen LogP contribution in [-0.2, 0) is 27.9 Å². The van der Waals surface area contributed by atoms with Crippen LogP contribution in [0.15, 0.2) is 5.38 Å². The number of rotatable bonds is 5. The molecule has 8 heteroatoms. The van der Waals surface area contributed by atoms with Gasteiger partial charge in [-0.15, -0.1) is 15.2 Å². The van der Waals surface area contributed by atoms with Gasteiger partial charge in [0.1, 0.15) is 5.25 Å². The first-order valence-corrected chi connectivity index (χ1v) is 8.37. The molecule has 0 spiro atoms. The average molecular weight is 306 g/mol. The van der Waals surface area contributed by atoms with Gasteiger partial charge in [0.2, 0.25) is 5.91 Å². The molecule has 1 atom stereocenters. The Morgan fingerprint density at radius 2 is 2.32 bits per heavy atom. The summed E-state index contributed by atoms with van der Waals surface area (Å²) in [4.78, 5) is 17.4. The first kappa shape index (κ1) is 14.4. The molecule has 0 radical (unpaired) electrons. The van der Waals surface area contributed by atoms with Crippen molar-refractivity contribution in [3.63, 3.8) is 0 Å². The van der Waals surface area contributed by atoms with Crippen molar-refractivity contribution in [2.24, 2.45) is 0 Å². The van der Waals surface area contributed by atoms with Gasteiger partial charge in [0, 0.05) is 31.3 Å². The molecule has 1 saturated heterocycles. The van der Waals surface area contributed by atoms with E-state index in [0.717, 1.165) is 17.1 Å². The first-order chi connectivity index (χ1) is 8.90. The van der Waals surface area contributed by atoms with Gasteiger partial charge in [-0.1, -0.05) is 6.92 Å². The van der Waals surface area contributed by atoms with E-state index in [4.69, 9.17) is 0 Å². The number of aromatic nitrogens is 1. The van der Waals surface area contributed by atoms with Crippen molar-refractivity contribution in [3.8, 4) is 0 Å². The molecule has 1 amide bonds. The van der Waals surface area contributed by atoms with Crippen molar-refractivity contribution in [1.82, 2.24) is 9.88 Å². The zero-order chi connectivity index (χ0) is 14.0. The Hall–Kier alpha value is -1.02. The Kier molecular flexibility index (Phi) is 4.19. The van der Waals surface area contributed by atoms with Crippen LogP contribution in [-0.4, -0.2) is 42.5 Å². The van der Waals surface area contributed by atoms with Gasteiger partial charge < -0.3 is 4.90 Å². The van der Waals surface area contributed by atoms with Crippen molar-refractivity contribution >= 4 is 27.5 Å². The highest BCUT2D eigenvalue weighted by atomic mass is 32.3. The summed E-state index contributed by atoms with van der Waals surface area (Å²) in [6, 6.07) is 0. The summed E-state index contributed by atoms with van der Waals surface area (Å²) in [6.07, 6.45) is 1.19. The molecule has 19 heavy (non-hydrogen) atoms.